The first-order chi connectivity index (χ1) is 6.56. The number of aromatic hydroxyl groups is 1. The van der Waals surface area contributed by atoms with E-state index >= 15 is 0 Å². The molecule has 0 bridgehead atoms. The van der Waals surface area contributed by atoms with Crippen LogP contribution in [0.3, 0.4) is 0 Å². The van der Waals surface area contributed by atoms with Crippen molar-refractivity contribution in [1.82, 2.24) is 0 Å². The SMILES string of the molecule is C/C(=N\O)c1ccc([N+](=O)[O-])cc1O. The first-order valence-corrected chi connectivity index (χ1v) is 3.72. The highest BCUT2D eigenvalue weighted by Gasteiger charge is 2.11. The molecule has 0 spiro atoms. The van der Waals surface area contributed by atoms with Gasteiger partial charge in [0.1, 0.15) is 5.75 Å². The molecule has 0 aromatic heterocycles. The van der Waals surface area contributed by atoms with E-state index in [0.29, 0.717) is 0 Å². The zero-order valence-corrected chi connectivity index (χ0v) is 7.34. The Morgan fingerprint density at radius 1 is 1.57 bits per heavy atom. The van der Waals surface area contributed by atoms with Gasteiger partial charge in [0.05, 0.1) is 16.7 Å². The van der Waals surface area contributed by atoms with Gasteiger partial charge in [0.15, 0.2) is 0 Å². The molecule has 0 heterocycles. The molecule has 0 saturated carbocycles. The van der Waals surface area contributed by atoms with Gasteiger partial charge < -0.3 is 10.3 Å². The minimum atomic E-state index is -0.616. The average Bonchev–Trinajstić information content (AvgIpc) is 2.16. The van der Waals surface area contributed by atoms with Crippen molar-refractivity contribution >= 4 is 11.4 Å². The van der Waals surface area contributed by atoms with Gasteiger partial charge in [-0.2, -0.15) is 0 Å². The highest BCUT2D eigenvalue weighted by Crippen LogP contribution is 2.23. The summed E-state index contributed by atoms with van der Waals surface area (Å²) in [6.07, 6.45) is 0. The third-order valence-electron chi connectivity index (χ3n) is 1.73. The molecule has 1 aromatic rings. The minimum Gasteiger partial charge on any atom is -0.507 e. The maximum Gasteiger partial charge on any atom is 0.273 e. The van der Waals surface area contributed by atoms with Crippen LogP contribution in [0.2, 0.25) is 0 Å². The molecule has 0 fully saturated rings. The zero-order chi connectivity index (χ0) is 10.7. The number of nitrogens with zero attached hydrogens (tertiary/aromatic N) is 2. The van der Waals surface area contributed by atoms with Crippen LogP contribution in [-0.2, 0) is 0 Å². The predicted octanol–water partition coefficient (Wildman–Crippen LogP) is 1.50. The lowest BCUT2D eigenvalue weighted by Gasteiger charge is -2.01. The second kappa shape index (κ2) is 3.73. The van der Waals surface area contributed by atoms with Gasteiger partial charge in [0.2, 0.25) is 0 Å². The Hall–Kier alpha value is -2.11. The molecule has 1 rings (SSSR count). The Balaban J connectivity index is 3.20. The predicted molar refractivity (Wildman–Crippen MR) is 48.8 cm³/mol. The number of non-ortho nitro benzene ring substituents is 1. The van der Waals surface area contributed by atoms with Crippen LogP contribution < -0.4 is 0 Å². The molecule has 0 radical (unpaired) electrons. The van der Waals surface area contributed by atoms with Gasteiger partial charge in [-0.3, -0.25) is 10.1 Å². The molecule has 0 unspecified atom stereocenters. The second-order valence-electron chi connectivity index (χ2n) is 2.64. The molecule has 0 aliphatic heterocycles. The Morgan fingerprint density at radius 3 is 2.64 bits per heavy atom. The Bertz CT molecular complexity index is 400. The van der Waals surface area contributed by atoms with Crippen molar-refractivity contribution in [3.05, 3.63) is 33.9 Å². The highest BCUT2D eigenvalue weighted by molar-refractivity contribution is 6.00. The minimum absolute atomic E-state index is 0.192. The van der Waals surface area contributed by atoms with Crippen molar-refractivity contribution in [2.75, 3.05) is 0 Å². The van der Waals surface area contributed by atoms with E-state index < -0.39 is 4.92 Å². The lowest BCUT2D eigenvalue weighted by atomic mass is 10.1. The number of phenols is 1. The zero-order valence-electron chi connectivity index (χ0n) is 7.34. The summed E-state index contributed by atoms with van der Waals surface area (Å²) in [6, 6.07) is 3.55. The Kier molecular flexibility index (Phi) is 2.66. The first kappa shape index (κ1) is 9.97. The lowest BCUT2D eigenvalue weighted by Crippen LogP contribution is -1.96. The van der Waals surface area contributed by atoms with E-state index in [2.05, 4.69) is 5.16 Å². The van der Waals surface area contributed by atoms with Crippen molar-refractivity contribution in [1.29, 1.82) is 0 Å². The molecule has 14 heavy (non-hydrogen) atoms. The van der Waals surface area contributed by atoms with E-state index in [4.69, 9.17) is 5.21 Å². The largest absolute Gasteiger partial charge is 0.507 e. The van der Waals surface area contributed by atoms with Crippen LogP contribution in [0.15, 0.2) is 23.4 Å². The van der Waals surface area contributed by atoms with Crippen LogP contribution in [0.5, 0.6) is 5.75 Å². The normalized spacial score (nSPS) is 11.4. The quantitative estimate of drug-likeness (QED) is 0.324. The Labute approximate surface area is 79.3 Å². The van der Waals surface area contributed by atoms with Crippen molar-refractivity contribution in [3.8, 4) is 5.75 Å². The maximum atomic E-state index is 10.3. The van der Waals surface area contributed by atoms with Crippen LogP contribution in [0.25, 0.3) is 0 Å². The third-order valence-corrected chi connectivity index (χ3v) is 1.73. The Morgan fingerprint density at radius 2 is 2.21 bits per heavy atom. The number of nitro groups is 1. The van der Waals surface area contributed by atoms with Gasteiger partial charge >= 0.3 is 0 Å². The smallest absolute Gasteiger partial charge is 0.273 e. The molecule has 6 nitrogen and oxygen atoms in total. The maximum absolute atomic E-state index is 10.3. The number of benzene rings is 1. The monoisotopic (exact) mass is 196 g/mol. The van der Waals surface area contributed by atoms with Gasteiger partial charge in [-0.1, -0.05) is 5.16 Å². The first-order valence-electron chi connectivity index (χ1n) is 3.72. The fraction of sp³-hybridized carbons (Fsp3) is 0.125. The highest BCUT2D eigenvalue weighted by atomic mass is 16.6. The topological polar surface area (TPSA) is 96.0 Å². The summed E-state index contributed by atoms with van der Waals surface area (Å²) in [6.45, 7) is 1.47. The molecule has 0 atom stereocenters. The molecule has 2 N–H and O–H groups in total. The number of rotatable bonds is 2. The summed E-state index contributed by atoms with van der Waals surface area (Å²) in [5.41, 5.74) is 0.243. The van der Waals surface area contributed by atoms with Crippen molar-refractivity contribution in [2.45, 2.75) is 6.92 Å². The molecule has 74 valence electrons. The molecule has 6 heteroatoms. The van der Waals surface area contributed by atoms with Crippen LogP contribution in [0, 0.1) is 10.1 Å². The van der Waals surface area contributed by atoms with Crippen LogP contribution in [-0.4, -0.2) is 20.9 Å². The van der Waals surface area contributed by atoms with Gasteiger partial charge in [-0.05, 0) is 13.0 Å². The molecule has 0 amide bonds. The number of hydrogen-bond acceptors (Lipinski definition) is 5. The van der Waals surface area contributed by atoms with Crippen LogP contribution >= 0.6 is 0 Å². The number of nitro benzene ring substituents is 1. The van der Waals surface area contributed by atoms with E-state index in [0.717, 1.165) is 6.07 Å². The summed E-state index contributed by atoms with van der Waals surface area (Å²) < 4.78 is 0. The summed E-state index contributed by atoms with van der Waals surface area (Å²) in [5.74, 6) is -0.283. The molecular formula is C8H8N2O4. The number of oxime groups is 1. The summed E-state index contributed by atoms with van der Waals surface area (Å²) in [4.78, 5) is 9.70. The standard InChI is InChI=1S/C8H8N2O4/c1-5(9-12)7-3-2-6(10(13)14)4-8(7)11/h2-4,11-12H,1H3/b9-5+. The summed E-state index contributed by atoms with van der Waals surface area (Å²) >= 11 is 0. The van der Waals surface area contributed by atoms with Gasteiger partial charge in [-0.25, -0.2) is 0 Å². The third kappa shape index (κ3) is 1.79. The molecule has 0 aliphatic rings. The molecule has 0 aliphatic carbocycles. The van der Waals surface area contributed by atoms with Crippen molar-refractivity contribution < 1.29 is 15.2 Å². The lowest BCUT2D eigenvalue weighted by molar-refractivity contribution is -0.384. The van der Waals surface area contributed by atoms with E-state index in [9.17, 15) is 15.2 Å². The van der Waals surface area contributed by atoms with Crippen LogP contribution in [0.1, 0.15) is 12.5 Å². The molecule has 1 aromatic carbocycles. The van der Waals surface area contributed by atoms with Gasteiger partial charge in [-0.15, -0.1) is 0 Å². The fourth-order valence-electron chi connectivity index (χ4n) is 0.993. The van der Waals surface area contributed by atoms with Gasteiger partial charge in [0.25, 0.3) is 5.69 Å². The average molecular weight is 196 g/mol. The van der Waals surface area contributed by atoms with Crippen molar-refractivity contribution in [2.24, 2.45) is 5.16 Å². The van der Waals surface area contributed by atoms with E-state index in [-0.39, 0.29) is 22.7 Å². The van der Waals surface area contributed by atoms with E-state index in [1.54, 1.807) is 0 Å². The van der Waals surface area contributed by atoms with Crippen molar-refractivity contribution in [3.63, 3.8) is 0 Å². The second-order valence-corrected chi connectivity index (χ2v) is 2.64. The van der Waals surface area contributed by atoms with E-state index in [1.807, 2.05) is 0 Å². The molecular weight excluding hydrogens is 188 g/mol. The summed E-state index contributed by atoms with van der Waals surface area (Å²) in [5, 5.41) is 31.0. The fourth-order valence-corrected chi connectivity index (χ4v) is 0.993. The van der Waals surface area contributed by atoms with Crippen LogP contribution in [0.4, 0.5) is 5.69 Å². The summed E-state index contributed by atoms with van der Waals surface area (Å²) in [7, 11) is 0. The molecule has 0 saturated heterocycles. The number of phenolic OH excluding ortho intramolecular Hbond substituents is 1. The van der Waals surface area contributed by atoms with Gasteiger partial charge in [0, 0.05) is 11.6 Å². The van der Waals surface area contributed by atoms with E-state index in [1.165, 1.54) is 19.1 Å². The number of hydrogen-bond donors (Lipinski definition) is 2.